The lowest BCUT2D eigenvalue weighted by atomic mass is 9.95. The molecular weight excluding hydrogens is 443 g/mol. The van der Waals surface area contributed by atoms with Crippen molar-refractivity contribution < 1.29 is 9.59 Å². The summed E-state index contributed by atoms with van der Waals surface area (Å²) in [6.45, 7) is 2.28. The topological polar surface area (TPSA) is 49.4 Å². The van der Waals surface area contributed by atoms with Crippen LogP contribution in [0.1, 0.15) is 63.0 Å². The molecule has 6 heteroatoms. The Kier molecular flexibility index (Phi) is 9.43. The minimum atomic E-state index is -0.519. The number of rotatable bonds is 9. The van der Waals surface area contributed by atoms with E-state index < -0.39 is 6.04 Å². The number of hydrogen-bond donors (Lipinski definition) is 1. The molecule has 1 saturated carbocycles. The van der Waals surface area contributed by atoms with E-state index in [-0.39, 0.29) is 17.9 Å². The lowest BCUT2D eigenvalue weighted by Crippen LogP contribution is -2.51. The summed E-state index contributed by atoms with van der Waals surface area (Å²) in [7, 11) is 0. The second-order valence-corrected chi connectivity index (χ2v) is 9.34. The molecule has 1 aliphatic carbocycles. The van der Waals surface area contributed by atoms with E-state index >= 15 is 0 Å². The van der Waals surface area contributed by atoms with E-state index in [0.29, 0.717) is 35.9 Å². The predicted octanol–water partition coefficient (Wildman–Crippen LogP) is 6.18. The smallest absolute Gasteiger partial charge is 0.243 e. The van der Waals surface area contributed by atoms with Crippen LogP contribution in [-0.2, 0) is 22.6 Å². The fraction of sp³-hybridized carbons (Fsp3) is 0.462. The Morgan fingerprint density at radius 3 is 2.38 bits per heavy atom. The van der Waals surface area contributed by atoms with Gasteiger partial charge in [-0.05, 0) is 48.9 Å². The normalized spacial score (nSPS) is 15.2. The van der Waals surface area contributed by atoms with E-state index in [1.54, 1.807) is 17.0 Å². The van der Waals surface area contributed by atoms with Gasteiger partial charge in [-0.2, -0.15) is 0 Å². The summed E-state index contributed by atoms with van der Waals surface area (Å²) in [5.74, 6) is -0.0990. The maximum Gasteiger partial charge on any atom is 0.243 e. The number of amides is 2. The zero-order valence-electron chi connectivity index (χ0n) is 18.7. The van der Waals surface area contributed by atoms with Crippen LogP contribution in [0.15, 0.2) is 48.5 Å². The Labute approximate surface area is 201 Å². The molecule has 0 spiro atoms. The molecule has 4 nitrogen and oxygen atoms in total. The summed E-state index contributed by atoms with van der Waals surface area (Å²) >= 11 is 12.3. The van der Waals surface area contributed by atoms with Gasteiger partial charge in [0.15, 0.2) is 0 Å². The van der Waals surface area contributed by atoms with E-state index in [9.17, 15) is 9.59 Å². The van der Waals surface area contributed by atoms with E-state index in [2.05, 4.69) is 5.32 Å². The zero-order valence-corrected chi connectivity index (χ0v) is 20.2. The van der Waals surface area contributed by atoms with Crippen LogP contribution in [-0.4, -0.2) is 28.8 Å². The number of nitrogens with zero attached hydrogens (tertiary/aromatic N) is 1. The lowest BCUT2D eigenvalue weighted by molar-refractivity contribution is -0.141. The van der Waals surface area contributed by atoms with Gasteiger partial charge in [0.2, 0.25) is 11.8 Å². The van der Waals surface area contributed by atoms with E-state index in [0.717, 1.165) is 36.8 Å². The summed E-state index contributed by atoms with van der Waals surface area (Å²) in [4.78, 5) is 28.3. The Morgan fingerprint density at radius 1 is 1.00 bits per heavy atom. The molecule has 1 N–H and O–H groups in total. The van der Waals surface area contributed by atoms with Crippen molar-refractivity contribution in [2.45, 2.75) is 76.9 Å². The van der Waals surface area contributed by atoms with Gasteiger partial charge in [0.1, 0.15) is 6.04 Å². The molecule has 172 valence electrons. The second kappa shape index (κ2) is 12.3. The van der Waals surface area contributed by atoms with Crippen molar-refractivity contribution in [3.05, 3.63) is 69.7 Å². The van der Waals surface area contributed by atoms with Crippen molar-refractivity contribution >= 4 is 35.0 Å². The van der Waals surface area contributed by atoms with Gasteiger partial charge in [-0.15, -0.1) is 0 Å². The minimum absolute atomic E-state index is 0.0365. The van der Waals surface area contributed by atoms with Crippen LogP contribution >= 0.6 is 23.2 Å². The van der Waals surface area contributed by atoms with Crippen LogP contribution in [0.25, 0.3) is 0 Å². The van der Waals surface area contributed by atoms with Gasteiger partial charge in [0.05, 0.1) is 10.0 Å². The Morgan fingerprint density at radius 2 is 1.72 bits per heavy atom. The SMILES string of the molecule is CC[C@@H](C(=O)NC1CCCCC1)N(Cc1ccc(Cl)c(Cl)c1)C(=O)CCc1ccccc1. The Bertz CT molecular complexity index is 898. The highest BCUT2D eigenvalue weighted by Gasteiger charge is 2.30. The molecule has 0 bridgehead atoms. The molecule has 2 amide bonds. The average molecular weight is 475 g/mol. The largest absolute Gasteiger partial charge is 0.352 e. The zero-order chi connectivity index (χ0) is 22.9. The molecule has 1 fully saturated rings. The van der Waals surface area contributed by atoms with Crippen molar-refractivity contribution in [1.82, 2.24) is 10.2 Å². The van der Waals surface area contributed by atoms with Crippen molar-refractivity contribution in [3.8, 4) is 0 Å². The summed E-state index contributed by atoms with van der Waals surface area (Å²) in [5.41, 5.74) is 1.96. The molecule has 0 saturated heterocycles. The molecule has 32 heavy (non-hydrogen) atoms. The molecule has 1 atom stereocenters. The first kappa shape index (κ1) is 24.6. The van der Waals surface area contributed by atoms with Crippen LogP contribution < -0.4 is 5.32 Å². The molecule has 0 radical (unpaired) electrons. The molecular formula is C26H32Cl2N2O2. The molecule has 0 unspecified atom stereocenters. The number of carbonyl (C=O) groups is 2. The Balaban J connectivity index is 1.77. The van der Waals surface area contributed by atoms with Crippen LogP contribution in [0, 0.1) is 0 Å². The first-order valence-corrected chi connectivity index (χ1v) is 12.3. The highest BCUT2D eigenvalue weighted by Crippen LogP contribution is 2.25. The molecule has 0 aromatic heterocycles. The Hall–Kier alpha value is -2.04. The van der Waals surface area contributed by atoms with E-state index in [4.69, 9.17) is 23.2 Å². The first-order chi connectivity index (χ1) is 15.5. The van der Waals surface area contributed by atoms with Crippen LogP contribution in [0.4, 0.5) is 0 Å². The highest BCUT2D eigenvalue weighted by atomic mass is 35.5. The first-order valence-electron chi connectivity index (χ1n) is 11.6. The number of benzene rings is 2. The van der Waals surface area contributed by atoms with E-state index in [1.165, 1.54) is 6.42 Å². The quantitative estimate of drug-likeness (QED) is 0.471. The fourth-order valence-electron chi connectivity index (χ4n) is 4.34. The third kappa shape index (κ3) is 6.98. The number of aryl methyl sites for hydroxylation is 1. The van der Waals surface area contributed by atoms with Crippen LogP contribution in [0.2, 0.25) is 10.0 Å². The molecule has 2 aromatic carbocycles. The predicted molar refractivity (Wildman–Crippen MR) is 131 cm³/mol. The molecule has 1 aliphatic rings. The summed E-state index contributed by atoms with van der Waals surface area (Å²) in [6, 6.07) is 15.0. The fourth-order valence-corrected chi connectivity index (χ4v) is 4.66. The summed E-state index contributed by atoms with van der Waals surface area (Å²) < 4.78 is 0. The minimum Gasteiger partial charge on any atom is -0.352 e. The number of nitrogens with one attached hydrogen (secondary N) is 1. The third-order valence-corrected chi connectivity index (χ3v) is 6.88. The van der Waals surface area contributed by atoms with Gasteiger partial charge < -0.3 is 10.2 Å². The molecule has 3 rings (SSSR count). The van der Waals surface area contributed by atoms with Gasteiger partial charge in [-0.25, -0.2) is 0 Å². The maximum atomic E-state index is 13.4. The van der Waals surface area contributed by atoms with Crippen LogP contribution in [0.5, 0.6) is 0 Å². The average Bonchev–Trinajstić information content (AvgIpc) is 2.81. The van der Waals surface area contributed by atoms with Gasteiger partial charge in [-0.3, -0.25) is 9.59 Å². The number of hydrogen-bond acceptors (Lipinski definition) is 2. The second-order valence-electron chi connectivity index (χ2n) is 8.52. The van der Waals surface area contributed by atoms with Gasteiger partial charge in [0.25, 0.3) is 0 Å². The van der Waals surface area contributed by atoms with Gasteiger partial charge in [0, 0.05) is 19.0 Å². The molecule has 0 aliphatic heterocycles. The number of halogens is 2. The van der Waals surface area contributed by atoms with Crippen molar-refractivity contribution in [2.75, 3.05) is 0 Å². The third-order valence-electron chi connectivity index (χ3n) is 6.14. The van der Waals surface area contributed by atoms with Crippen molar-refractivity contribution in [2.24, 2.45) is 0 Å². The molecule has 2 aromatic rings. The standard InChI is InChI=1S/C26H32Cl2N2O2/c1-2-24(26(32)29-21-11-7-4-8-12-21)30(18-20-13-15-22(27)23(28)17-20)25(31)16-14-19-9-5-3-6-10-19/h3,5-6,9-10,13,15,17,21,24H,2,4,7-8,11-12,14,16,18H2,1H3,(H,29,32)/t24-/m0/s1. The monoisotopic (exact) mass is 474 g/mol. The van der Waals surface area contributed by atoms with Crippen LogP contribution in [0.3, 0.4) is 0 Å². The summed E-state index contributed by atoms with van der Waals surface area (Å²) in [6.07, 6.45) is 7.07. The van der Waals surface area contributed by atoms with Crippen molar-refractivity contribution in [1.29, 1.82) is 0 Å². The maximum absolute atomic E-state index is 13.4. The highest BCUT2D eigenvalue weighted by molar-refractivity contribution is 6.42. The van der Waals surface area contributed by atoms with E-state index in [1.807, 2.05) is 43.3 Å². The van der Waals surface area contributed by atoms with Gasteiger partial charge in [-0.1, -0.05) is 85.8 Å². The lowest BCUT2D eigenvalue weighted by Gasteiger charge is -2.33. The molecule has 0 heterocycles. The number of carbonyl (C=O) groups excluding carboxylic acids is 2. The summed E-state index contributed by atoms with van der Waals surface area (Å²) in [5, 5.41) is 4.12. The van der Waals surface area contributed by atoms with Crippen molar-refractivity contribution in [3.63, 3.8) is 0 Å². The van der Waals surface area contributed by atoms with Gasteiger partial charge >= 0.3 is 0 Å².